The van der Waals surface area contributed by atoms with Crippen LogP contribution in [-0.4, -0.2) is 12.5 Å². The molecule has 0 saturated carbocycles. The third kappa shape index (κ3) is 1.90. The highest BCUT2D eigenvalue weighted by Gasteiger charge is 2.23. The number of benzene rings is 2. The molecule has 0 fully saturated rings. The average molecular weight is 237 g/mol. The number of fused-ring (bicyclic) bond motifs is 1. The molecule has 0 radical (unpaired) electrons. The number of hydrogen-bond donors (Lipinski definition) is 1. The van der Waals surface area contributed by atoms with Crippen LogP contribution in [-0.2, 0) is 0 Å². The molecule has 90 valence electrons. The van der Waals surface area contributed by atoms with E-state index in [2.05, 4.69) is 35.6 Å². The zero-order valence-electron chi connectivity index (χ0n) is 10.1. The fraction of sp³-hybridized carbons (Fsp3) is 0.188. The molecule has 1 aliphatic rings. The Morgan fingerprint density at radius 1 is 0.944 bits per heavy atom. The predicted octanol–water partition coefficient (Wildman–Crippen LogP) is 2.95. The van der Waals surface area contributed by atoms with E-state index in [1.54, 1.807) is 0 Å². The van der Waals surface area contributed by atoms with Gasteiger partial charge in [-0.1, -0.05) is 48.5 Å². The molecule has 0 unspecified atom stereocenters. The third-order valence-electron chi connectivity index (χ3n) is 3.50. The van der Waals surface area contributed by atoms with Gasteiger partial charge in [-0.15, -0.1) is 0 Å². The standard InChI is InChI=1S/C16H15NO/c18-16-15-9-5-4-8-14(15)13(10-11-17-16)12-6-2-1-3-7-12/h1-9,13H,10-11H2,(H,17,18)/t13-/m0/s1. The minimum Gasteiger partial charge on any atom is -0.352 e. The van der Waals surface area contributed by atoms with Crippen LogP contribution in [0.1, 0.15) is 33.8 Å². The second-order valence-electron chi connectivity index (χ2n) is 4.60. The van der Waals surface area contributed by atoms with Gasteiger partial charge in [0.05, 0.1) is 0 Å². The molecule has 2 heteroatoms. The van der Waals surface area contributed by atoms with Crippen molar-refractivity contribution in [3.63, 3.8) is 0 Å². The summed E-state index contributed by atoms with van der Waals surface area (Å²) in [5.41, 5.74) is 3.23. The van der Waals surface area contributed by atoms with E-state index in [9.17, 15) is 4.79 Å². The largest absolute Gasteiger partial charge is 0.352 e. The van der Waals surface area contributed by atoms with Gasteiger partial charge in [0, 0.05) is 18.0 Å². The molecule has 0 aliphatic carbocycles. The van der Waals surface area contributed by atoms with Crippen LogP contribution in [0.2, 0.25) is 0 Å². The van der Waals surface area contributed by atoms with Gasteiger partial charge in [-0.2, -0.15) is 0 Å². The first kappa shape index (κ1) is 11.0. The number of rotatable bonds is 1. The van der Waals surface area contributed by atoms with E-state index in [0.717, 1.165) is 24.1 Å². The minimum absolute atomic E-state index is 0.0454. The van der Waals surface area contributed by atoms with Crippen LogP contribution in [0.3, 0.4) is 0 Å². The van der Waals surface area contributed by atoms with Crippen molar-refractivity contribution in [1.82, 2.24) is 5.32 Å². The molecule has 0 aromatic heterocycles. The summed E-state index contributed by atoms with van der Waals surface area (Å²) in [6.45, 7) is 0.729. The zero-order chi connectivity index (χ0) is 12.4. The molecule has 0 saturated heterocycles. The van der Waals surface area contributed by atoms with E-state index in [4.69, 9.17) is 0 Å². The highest BCUT2D eigenvalue weighted by Crippen LogP contribution is 2.31. The van der Waals surface area contributed by atoms with Crippen LogP contribution in [0.5, 0.6) is 0 Å². The first-order valence-electron chi connectivity index (χ1n) is 6.28. The smallest absolute Gasteiger partial charge is 0.251 e. The molecular weight excluding hydrogens is 222 g/mol. The summed E-state index contributed by atoms with van der Waals surface area (Å²) >= 11 is 0. The van der Waals surface area contributed by atoms with Crippen molar-refractivity contribution in [2.45, 2.75) is 12.3 Å². The van der Waals surface area contributed by atoms with Crippen LogP contribution in [0.15, 0.2) is 54.6 Å². The first-order valence-corrected chi connectivity index (χ1v) is 6.28. The fourth-order valence-electron chi connectivity index (χ4n) is 2.62. The summed E-state index contributed by atoms with van der Waals surface area (Å²) in [7, 11) is 0. The van der Waals surface area contributed by atoms with Gasteiger partial charge in [0.25, 0.3) is 5.91 Å². The molecule has 2 aromatic carbocycles. The summed E-state index contributed by atoms with van der Waals surface area (Å²) in [6.07, 6.45) is 0.951. The summed E-state index contributed by atoms with van der Waals surface area (Å²) in [4.78, 5) is 12.0. The summed E-state index contributed by atoms with van der Waals surface area (Å²) in [6, 6.07) is 18.3. The molecular formula is C16H15NO. The van der Waals surface area contributed by atoms with Gasteiger partial charge in [0.2, 0.25) is 0 Å². The molecule has 1 amide bonds. The number of nitrogens with one attached hydrogen (secondary N) is 1. The van der Waals surface area contributed by atoms with E-state index >= 15 is 0 Å². The Bertz CT molecular complexity index is 562. The molecule has 1 heterocycles. The average Bonchev–Trinajstić information content (AvgIpc) is 2.60. The molecule has 2 aromatic rings. The third-order valence-corrected chi connectivity index (χ3v) is 3.50. The Balaban J connectivity index is 2.11. The van der Waals surface area contributed by atoms with Crippen molar-refractivity contribution in [2.75, 3.05) is 6.54 Å². The molecule has 2 nitrogen and oxygen atoms in total. The Morgan fingerprint density at radius 3 is 2.50 bits per heavy atom. The van der Waals surface area contributed by atoms with Gasteiger partial charge < -0.3 is 5.32 Å². The van der Waals surface area contributed by atoms with Gasteiger partial charge in [-0.05, 0) is 23.6 Å². The van der Waals surface area contributed by atoms with Crippen LogP contribution in [0, 0.1) is 0 Å². The van der Waals surface area contributed by atoms with Crippen LogP contribution < -0.4 is 5.32 Å². The molecule has 0 bridgehead atoms. The second-order valence-corrected chi connectivity index (χ2v) is 4.60. The quantitative estimate of drug-likeness (QED) is 0.811. The summed E-state index contributed by atoms with van der Waals surface area (Å²) in [5, 5.41) is 2.96. The predicted molar refractivity (Wildman–Crippen MR) is 71.7 cm³/mol. The Kier molecular flexibility index (Phi) is 2.85. The van der Waals surface area contributed by atoms with E-state index in [0.29, 0.717) is 5.92 Å². The topological polar surface area (TPSA) is 29.1 Å². The summed E-state index contributed by atoms with van der Waals surface area (Å²) < 4.78 is 0. The lowest BCUT2D eigenvalue weighted by molar-refractivity contribution is 0.0956. The lowest BCUT2D eigenvalue weighted by Gasteiger charge is -2.16. The van der Waals surface area contributed by atoms with Gasteiger partial charge in [0.15, 0.2) is 0 Å². The van der Waals surface area contributed by atoms with Gasteiger partial charge in [0.1, 0.15) is 0 Å². The lowest BCUT2D eigenvalue weighted by atomic mass is 9.86. The summed E-state index contributed by atoms with van der Waals surface area (Å²) in [5.74, 6) is 0.352. The Hall–Kier alpha value is -2.09. The minimum atomic E-state index is 0.0454. The molecule has 1 atom stereocenters. The Morgan fingerprint density at radius 2 is 1.67 bits per heavy atom. The number of carbonyl (C=O) groups excluding carboxylic acids is 1. The van der Waals surface area contributed by atoms with Crippen molar-refractivity contribution in [1.29, 1.82) is 0 Å². The van der Waals surface area contributed by atoms with E-state index < -0.39 is 0 Å². The van der Waals surface area contributed by atoms with Crippen molar-refractivity contribution >= 4 is 5.91 Å². The number of amides is 1. The van der Waals surface area contributed by atoms with E-state index in [1.807, 2.05) is 24.3 Å². The Labute approximate surface area is 107 Å². The monoisotopic (exact) mass is 237 g/mol. The molecule has 18 heavy (non-hydrogen) atoms. The normalized spacial score (nSPS) is 18.7. The lowest BCUT2D eigenvalue weighted by Crippen LogP contribution is -2.22. The van der Waals surface area contributed by atoms with Gasteiger partial charge in [-0.25, -0.2) is 0 Å². The zero-order valence-corrected chi connectivity index (χ0v) is 10.1. The highest BCUT2D eigenvalue weighted by molar-refractivity contribution is 5.96. The maximum Gasteiger partial charge on any atom is 0.251 e. The molecule has 0 spiro atoms. The first-order chi connectivity index (χ1) is 8.86. The molecule has 1 aliphatic heterocycles. The molecule has 1 N–H and O–H groups in total. The van der Waals surface area contributed by atoms with Crippen LogP contribution in [0.4, 0.5) is 0 Å². The van der Waals surface area contributed by atoms with Crippen molar-refractivity contribution in [2.24, 2.45) is 0 Å². The van der Waals surface area contributed by atoms with Crippen molar-refractivity contribution in [3.8, 4) is 0 Å². The van der Waals surface area contributed by atoms with Crippen LogP contribution >= 0.6 is 0 Å². The van der Waals surface area contributed by atoms with E-state index in [-0.39, 0.29) is 5.91 Å². The second kappa shape index (κ2) is 4.65. The van der Waals surface area contributed by atoms with Crippen molar-refractivity contribution in [3.05, 3.63) is 71.3 Å². The number of carbonyl (C=O) groups is 1. The van der Waals surface area contributed by atoms with Crippen molar-refractivity contribution < 1.29 is 4.79 Å². The SMILES string of the molecule is O=C1NCC[C@@H](c2ccccc2)c2ccccc21. The molecule has 3 rings (SSSR count). The maximum absolute atomic E-state index is 12.0. The van der Waals surface area contributed by atoms with Crippen LogP contribution in [0.25, 0.3) is 0 Å². The van der Waals surface area contributed by atoms with E-state index in [1.165, 1.54) is 5.56 Å². The highest BCUT2D eigenvalue weighted by atomic mass is 16.1. The fourth-order valence-corrected chi connectivity index (χ4v) is 2.62. The number of hydrogen-bond acceptors (Lipinski definition) is 1. The van der Waals surface area contributed by atoms with Gasteiger partial charge in [-0.3, -0.25) is 4.79 Å². The van der Waals surface area contributed by atoms with Gasteiger partial charge >= 0.3 is 0 Å². The maximum atomic E-state index is 12.0.